The molecule has 10 nitrogen and oxygen atoms in total. The van der Waals surface area contributed by atoms with Gasteiger partial charge in [0.05, 0.1) is 6.33 Å². The van der Waals surface area contributed by atoms with E-state index < -0.39 is 17.2 Å². The Morgan fingerprint density at radius 3 is 2.65 bits per heavy atom. The van der Waals surface area contributed by atoms with Gasteiger partial charge in [-0.25, -0.2) is 14.3 Å². The fourth-order valence-electron chi connectivity index (χ4n) is 4.79. The van der Waals surface area contributed by atoms with Gasteiger partial charge in [0, 0.05) is 24.3 Å². The number of fused-ring (bicyclic) bond motifs is 2. The first kappa shape index (κ1) is 22.2. The summed E-state index contributed by atoms with van der Waals surface area (Å²) in [6.45, 7) is 3.01. The highest BCUT2D eigenvalue weighted by molar-refractivity contribution is 5.91. The van der Waals surface area contributed by atoms with Gasteiger partial charge in [0.1, 0.15) is 19.8 Å². The molecule has 0 atom stereocenters. The monoisotopic (exact) mass is 467 g/mol. The normalized spacial score (nSPS) is 15.7. The fraction of sp³-hybridized carbons (Fsp3) is 0.500. The Balaban J connectivity index is 1.49. The summed E-state index contributed by atoms with van der Waals surface area (Å²) in [4.78, 5) is 44.1. The van der Waals surface area contributed by atoms with Crippen LogP contribution < -0.4 is 26.0 Å². The molecule has 1 aromatic carbocycles. The molecule has 3 heterocycles. The molecule has 2 aliphatic rings. The van der Waals surface area contributed by atoms with Gasteiger partial charge in [0.25, 0.3) is 5.56 Å². The van der Waals surface area contributed by atoms with Crippen LogP contribution in [0.25, 0.3) is 11.2 Å². The average Bonchev–Trinajstić information content (AvgIpc) is 3.52. The maximum atomic E-state index is 13.5. The minimum atomic E-state index is -0.514. The Morgan fingerprint density at radius 1 is 1.12 bits per heavy atom. The lowest BCUT2D eigenvalue weighted by Crippen LogP contribution is -2.43. The van der Waals surface area contributed by atoms with E-state index in [1.165, 1.54) is 4.57 Å². The number of carbonyl (C=O) groups is 1. The van der Waals surface area contributed by atoms with E-state index in [-0.39, 0.29) is 12.6 Å². The maximum absolute atomic E-state index is 13.5. The van der Waals surface area contributed by atoms with Crippen molar-refractivity contribution in [1.82, 2.24) is 18.7 Å². The van der Waals surface area contributed by atoms with Crippen molar-refractivity contribution in [3.05, 3.63) is 45.4 Å². The van der Waals surface area contributed by atoms with E-state index in [0.29, 0.717) is 48.1 Å². The first-order valence-corrected chi connectivity index (χ1v) is 12.0. The quantitative estimate of drug-likeness (QED) is 0.572. The third-order valence-electron chi connectivity index (χ3n) is 6.52. The Morgan fingerprint density at radius 2 is 1.88 bits per heavy atom. The van der Waals surface area contributed by atoms with Gasteiger partial charge in [-0.1, -0.05) is 26.2 Å². The summed E-state index contributed by atoms with van der Waals surface area (Å²) in [7, 11) is 0. The van der Waals surface area contributed by atoms with E-state index >= 15 is 0 Å². The van der Waals surface area contributed by atoms with E-state index in [0.717, 1.165) is 43.1 Å². The van der Waals surface area contributed by atoms with Crippen molar-refractivity contribution in [2.45, 2.75) is 64.6 Å². The molecule has 1 amide bonds. The van der Waals surface area contributed by atoms with Crippen molar-refractivity contribution in [2.24, 2.45) is 0 Å². The predicted molar refractivity (Wildman–Crippen MR) is 127 cm³/mol. The van der Waals surface area contributed by atoms with Crippen LogP contribution in [0.15, 0.2) is 34.1 Å². The van der Waals surface area contributed by atoms with Crippen LogP contribution in [-0.4, -0.2) is 37.8 Å². The largest absolute Gasteiger partial charge is 0.486 e. The second-order valence-electron chi connectivity index (χ2n) is 8.85. The SMILES string of the molecule is CCCCn1c(=O)n(CC(=O)Nc2ccc3c(c2)OCCO3)c(=O)c2c1ncn2C1CCCC1. The minimum Gasteiger partial charge on any atom is -0.486 e. The van der Waals surface area contributed by atoms with E-state index in [2.05, 4.69) is 10.3 Å². The molecule has 0 radical (unpaired) electrons. The number of imidazole rings is 1. The molecule has 34 heavy (non-hydrogen) atoms. The van der Waals surface area contributed by atoms with Crippen LogP contribution in [0.5, 0.6) is 11.5 Å². The highest BCUT2D eigenvalue weighted by Gasteiger charge is 2.25. The number of benzene rings is 1. The number of rotatable bonds is 7. The number of nitrogens with zero attached hydrogens (tertiary/aromatic N) is 4. The van der Waals surface area contributed by atoms with Crippen LogP contribution in [0.1, 0.15) is 51.5 Å². The van der Waals surface area contributed by atoms with Crippen molar-refractivity contribution in [1.29, 1.82) is 0 Å². The van der Waals surface area contributed by atoms with Crippen molar-refractivity contribution in [3.8, 4) is 11.5 Å². The van der Waals surface area contributed by atoms with Gasteiger partial charge in [-0.2, -0.15) is 0 Å². The first-order chi connectivity index (χ1) is 16.6. The highest BCUT2D eigenvalue weighted by Crippen LogP contribution is 2.33. The number of aryl methyl sites for hydroxylation is 1. The predicted octanol–water partition coefficient (Wildman–Crippen LogP) is 2.68. The van der Waals surface area contributed by atoms with Crippen LogP contribution in [0.4, 0.5) is 5.69 Å². The Bertz CT molecular complexity index is 1330. The molecule has 0 spiro atoms. The topological polar surface area (TPSA) is 109 Å². The van der Waals surface area contributed by atoms with Gasteiger partial charge < -0.3 is 19.4 Å². The molecule has 5 rings (SSSR count). The summed E-state index contributed by atoms with van der Waals surface area (Å²) < 4.78 is 15.5. The van der Waals surface area contributed by atoms with Crippen molar-refractivity contribution in [3.63, 3.8) is 0 Å². The molecule has 1 fully saturated rings. The molecular weight excluding hydrogens is 438 g/mol. The molecule has 180 valence electrons. The van der Waals surface area contributed by atoms with Crippen LogP contribution >= 0.6 is 0 Å². The molecule has 1 aliphatic carbocycles. The number of hydrogen-bond acceptors (Lipinski definition) is 6. The van der Waals surface area contributed by atoms with Gasteiger partial charge in [-0.15, -0.1) is 0 Å². The first-order valence-electron chi connectivity index (χ1n) is 12.0. The second-order valence-corrected chi connectivity index (χ2v) is 8.85. The van der Waals surface area contributed by atoms with Crippen molar-refractivity contribution in [2.75, 3.05) is 18.5 Å². The van der Waals surface area contributed by atoms with Gasteiger partial charge in [0.15, 0.2) is 22.7 Å². The van der Waals surface area contributed by atoms with Gasteiger partial charge in [0.2, 0.25) is 5.91 Å². The van der Waals surface area contributed by atoms with E-state index in [1.807, 2.05) is 11.5 Å². The second kappa shape index (κ2) is 9.36. The summed E-state index contributed by atoms with van der Waals surface area (Å²) in [5.74, 6) is 0.694. The van der Waals surface area contributed by atoms with Gasteiger partial charge in [-0.3, -0.25) is 14.2 Å². The van der Waals surface area contributed by atoms with Crippen molar-refractivity contribution < 1.29 is 14.3 Å². The Labute approximate surface area is 196 Å². The number of aromatic nitrogens is 4. The zero-order chi connectivity index (χ0) is 23.7. The number of anilines is 1. The zero-order valence-electron chi connectivity index (χ0n) is 19.3. The summed E-state index contributed by atoms with van der Waals surface area (Å²) in [6.07, 6.45) is 7.49. The molecule has 0 saturated heterocycles. The number of ether oxygens (including phenoxy) is 2. The van der Waals surface area contributed by atoms with E-state index in [4.69, 9.17) is 9.47 Å². The molecule has 1 saturated carbocycles. The minimum absolute atomic E-state index is 0.190. The lowest BCUT2D eigenvalue weighted by Gasteiger charge is -2.19. The maximum Gasteiger partial charge on any atom is 0.333 e. The third-order valence-corrected chi connectivity index (χ3v) is 6.52. The lowest BCUT2D eigenvalue weighted by atomic mass is 10.2. The molecule has 1 aliphatic heterocycles. The number of nitrogens with one attached hydrogen (secondary N) is 1. The standard InChI is InChI=1S/C24H29N5O5/c1-2-3-10-27-22-21(29(15-25-22)17-6-4-5-7-17)23(31)28(24(27)32)14-20(30)26-16-8-9-18-19(13-16)34-12-11-33-18/h8-9,13,15,17H,2-7,10-12,14H2,1H3,(H,26,30). The van der Waals surface area contributed by atoms with E-state index in [1.54, 1.807) is 24.5 Å². The van der Waals surface area contributed by atoms with Gasteiger partial charge >= 0.3 is 5.69 Å². The summed E-state index contributed by atoms with van der Waals surface area (Å²) >= 11 is 0. The summed E-state index contributed by atoms with van der Waals surface area (Å²) in [5.41, 5.74) is 0.314. The number of unbranched alkanes of at least 4 members (excludes halogenated alkanes) is 1. The number of carbonyl (C=O) groups excluding carboxylic acids is 1. The molecule has 2 aromatic heterocycles. The molecule has 3 aromatic rings. The third kappa shape index (κ3) is 4.08. The Hall–Kier alpha value is -3.56. The van der Waals surface area contributed by atoms with Crippen LogP contribution in [0, 0.1) is 0 Å². The lowest BCUT2D eigenvalue weighted by molar-refractivity contribution is -0.116. The zero-order valence-corrected chi connectivity index (χ0v) is 19.3. The number of amides is 1. The van der Waals surface area contributed by atoms with Crippen LogP contribution in [0.2, 0.25) is 0 Å². The van der Waals surface area contributed by atoms with Gasteiger partial charge in [-0.05, 0) is 31.4 Å². The summed E-state index contributed by atoms with van der Waals surface area (Å²) in [6, 6.07) is 5.29. The molecule has 1 N–H and O–H groups in total. The number of hydrogen-bond donors (Lipinski definition) is 1. The highest BCUT2D eigenvalue weighted by atomic mass is 16.6. The molecule has 0 unspecified atom stereocenters. The molecular formula is C24H29N5O5. The van der Waals surface area contributed by atoms with Crippen LogP contribution in [0.3, 0.4) is 0 Å². The fourth-order valence-corrected chi connectivity index (χ4v) is 4.79. The Kier molecular flexibility index (Phi) is 6.12. The molecule has 0 bridgehead atoms. The molecule has 10 heteroatoms. The van der Waals surface area contributed by atoms with E-state index in [9.17, 15) is 14.4 Å². The average molecular weight is 468 g/mol. The smallest absolute Gasteiger partial charge is 0.333 e. The summed E-state index contributed by atoms with van der Waals surface area (Å²) in [5, 5.41) is 2.76. The van der Waals surface area contributed by atoms with Crippen molar-refractivity contribution >= 4 is 22.8 Å². The van der Waals surface area contributed by atoms with Crippen LogP contribution in [-0.2, 0) is 17.9 Å².